The van der Waals surface area contributed by atoms with Crippen LogP contribution in [-0.4, -0.2) is 40.2 Å². The highest BCUT2D eigenvalue weighted by molar-refractivity contribution is 9.10. The molecule has 5 N–H and O–H groups in total. The summed E-state index contributed by atoms with van der Waals surface area (Å²) in [4.78, 5) is 22.6. The molecule has 0 spiro atoms. The number of hydrogen-bond acceptors (Lipinski definition) is 6. The van der Waals surface area contributed by atoms with Gasteiger partial charge in [0.05, 0.1) is 28.5 Å². The molecule has 1 saturated carbocycles. The molecule has 1 amide bonds. The van der Waals surface area contributed by atoms with E-state index in [1.165, 1.54) is 13.3 Å². The van der Waals surface area contributed by atoms with E-state index in [1.54, 1.807) is 12.1 Å². The van der Waals surface area contributed by atoms with Gasteiger partial charge in [0.25, 0.3) is 0 Å². The lowest BCUT2D eigenvalue weighted by Crippen LogP contribution is -2.35. The Morgan fingerprint density at radius 3 is 2.78 bits per heavy atom. The average molecular weight is 513 g/mol. The van der Waals surface area contributed by atoms with Crippen LogP contribution >= 0.6 is 15.9 Å². The molecule has 2 heterocycles. The van der Waals surface area contributed by atoms with Gasteiger partial charge in [-0.15, -0.1) is 0 Å². The Morgan fingerprint density at radius 2 is 2.12 bits per heavy atom. The van der Waals surface area contributed by atoms with Crippen molar-refractivity contribution in [3.63, 3.8) is 0 Å². The maximum atomic E-state index is 13.8. The summed E-state index contributed by atoms with van der Waals surface area (Å²) in [6, 6.07) is 2.96. The Hall–Kier alpha value is -2.86. The quantitative estimate of drug-likeness (QED) is 0.395. The first-order chi connectivity index (χ1) is 15.2. The first-order valence-corrected chi connectivity index (χ1v) is 10.6. The number of ether oxygens (including phenoxy) is 1. The van der Waals surface area contributed by atoms with E-state index in [9.17, 15) is 18.0 Å². The highest BCUT2D eigenvalue weighted by Gasteiger charge is 2.36. The first-order valence-electron chi connectivity index (χ1n) is 9.80. The Balaban J connectivity index is 1.79. The molecule has 0 bridgehead atoms. The van der Waals surface area contributed by atoms with Crippen LogP contribution < -0.4 is 16.4 Å². The third-order valence-corrected chi connectivity index (χ3v) is 6.27. The van der Waals surface area contributed by atoms with E-state index >= 15 is 0 Å². The average Bonchev–Trinajstić information content (AvgIpc) is 3.35. The third kappa shape index (κ3) is 4.24. The van der Waals surface area contributed by atoms with Gasteiger partial charge in [0.2, 0.25) is 5.95 Å². The molecule has 12 heteroatoms. The van der Waals surface area contributed by atoms with Crippen molar-refractivity contribution in [2.75, 3.05) is 17.7 Å². The molecule has 4 rings (SSSR count). The maximum Gasteiger partial charge on any atom is 0.419 e. The predicted octanol–water partition coefficient (Wildman–Crippen LogP) is 4.88. The molecular formula is C20H20BrF3N6O2. The number of alkyl halides is 3. The molecule has 2 atom stereocenters. The molecular weight excluding hydrogens is 493 g/mol. The van der Waals surface area contributed by atoms with Gasteiger partial charge in [0.1, 0.15) is 5.56 Å². The van der Waals surface area contributed by atoms with Crippen LogP contribution in [0.15, 0.2) is 29.0 Å². The number of benzene rings is 1. The Morgan fingerprint density at radius 1 is 1.34 bits per heavy atom. The van der Waals surface area contributed by atoms with E-state index in [-0.39, 0.29) is 29.3 Å². The molecule has 1 fully saturated rings. The lowest BCUT2D eigenvalue weighted by molar-refractivity contribution is -0.137. The zero-order chi connectivity index (χ0) is 23.0. The van der Waals surface area contributed by atoms with Crippen molar-refractivity contribution >= 4 is 44.6 Å². The van der Waals surface area contributed by atoms with E-state index in [1.807, 2.05) is 0 Å². The van der Waals surface area contributed by atoms with Crippen LogP contribution in [0.3, 0.4) is 0 Å². The standard InChI is InChI=1S/C20H20BrF3N6O2/c1-32-19(31)29-14-6-5-9-10(7-26-17(9)15(14)21)16-11(20(22,23)24)8-27-18(30-16)28-13-4-2-3-12(13)25/h5-8,12-13,26H,2-4,25H2,1H3,(H,29,31)(H,27,28,30)/t12-,13-/m1/s1. The van der Waals surface area contributed by atoms with Crippen molar-refractivity contribution in [1.82, 2.24) is 15.0 Å². The van der Waals surface area contributed by atoms with E-state index in [0.29, 0.717) is 21.1 Å². The fourth-order valence-electron chi connectivity index (χ4n) is 3.82. The van der Waals surface area contributed by atoms with Crippen molar-refractivity contribution in [3.8, 4) is 11.3 Å². The van der Waals surface area contributed by atoms with Gasteiger partial charge in [-0.1, -0.05) is 6.07 Å². The molecule has 1 aliphatic carbocycles. The number of hydrogen-bond donors (Lipinski definition) is 4. The molecule has 1 aromatic carbocycles. The van der Waals surface area contributed by atoms with Gasteiger partial charge in [-0.2, -0.15) is 13.2 Å². The van der Waals surface area contributed by atoms with Gasteiger partial charge in [0.15, 0.2) is 0 Å². The number of carbonyl (C=O) groups is 1. The summed E-state index contributed by atoms with van der Waals surface area (Å²) in [6.45, 7) is 0. The van der Waals surface area contributed by atoms with Crippen LogP contribution in [0.2, 0.25) is 0 Å². The summed E-state index contributed by atoms with van der Waals surface area (Å²) >= 11 is 3.38. The molecule has 8 nitrogen and oxygen atoms in total. The summed E-state index contributed by atoms with van der Waals surface area (Å²) in [7, 11) is 1.23. The number of methoxy groups -OCH3 is 1. The van der Waals surface area contributed by atoms with E-state index < -0.39 is 17.8 Å². The zero-order valence-electron chi connectivity index (χ0n) is 16.9. The fraction of sp³-hybridized carbons (Fsp3) is 0.350. The number of fused-ring (bicyclic) bond motifs is 1. The minimum absolute atomic E-state index is 0.0905. The number of aromatic amines is 1. The molecule has 0 saturated heterocycles. The van der Waals surface area contributed by atoms with Crippen LogP contribution in [0.5, 0.6) is 0 Å². The number of anilines is 2. The van der Waals surface area contributed by atoms with Crippen molar-refractivity contribution < 1.29 is 22.7 Å². The number of halogens is 4. The monoisotopic (exact) mass is 512 g/mol. The third-order valence-electron chi connectivity index (χ3n) is 5.45. The second kappa shape index (κ2) is 8.58. The van der Waals surface area contributed by atoms with Crippen LogP contribution in [0.1, 0.15) is 24.8 Å². The molecule has 1 aliphatic rings. The number of nitrogens with one attached hydrogen (secondary N) is 3. The summed E-state index contributed by atoms with van der Waals surface area (Å²) in [5, 5.41) is 6.09. The second-order valence-electron chi connectivity index (χ2n) is 7.47. The first kappa shape index (κ1) is 22.3. The van der Waals surface area contributed by atoms with E-state index in [0.717, 1.165) is 25.5 Å². The molecule has 170 valence electrons. The molecule has 2 aromatic heterocycles. The van der Waals surface area contributed by atoms with Crippen molar-refractivity contribution in [1.29, 1.82) is 0 Å². The Bertz CT molecular complexity index is 1170. The van der Waals surface area contributed by atoms with Crippen molar-refractivity contribution in [3.05, 3.63) is 34.6 Å². The van der Waals surface area contributed by atoms with Gasteiger partial charge in [-0.05, 0) is 41.3 Å². The predicted molar refractivity (Wildman–Crippen MR) is 117 cm³/mol. The Kier molecular flexibility index (Phi) is 5.99. The van der Waals surface area contributed by atoms with Gasteiger partial charge in [0, 0.05) is 35.4 Å². The van der Waals surface area contributed by atoms with Crippen LogP contribution in [0.25, 0.3) is 22.2 Å². The van der Waals surface area contributed by atoms with Crippen LogP contribution in [0.4, 0.5) is 29.6 Å². The maximum absolute atomic E-state index is 13.8. The van der Waals surface area contributed by atoms with Crippen molar-refractivity contribution in [2.45, 2.75) is 37.5 Å². The molecule has 0 aliphatic heterocycles. The number of nitrogens with zero attached hydrogens (tertiary/aromatic N) is 2. The molecule has 3 aromatic rings. The normalized spacial score (nSPS) is 18.7. The SMILES string of the molecule is COC(=O)Nc1ccc2c(-c3nc(N[C@@H]4CCC[C@H]4N)ncc3C(F)(F)F)c[nH]c2c1Br. The highest BCUT2D eigenvalue weighted by Crippen LogP contribution is 2.41. The minimum atomic E-state index is -4.65. The van der Waals surface area contributed by atoms with Gasteiger partial charge < -0.3 is 20.8 Å². The molecule has 0 unspecified atom stereocenters. The zero-order valence-corrected chi connectivity index (χ0v) is 18.5. The lowest BCUT2D eigenvalue weighted by Gasteiger charge is -2.19. The summed E-state index contributed by atoms with van der Waals surface area (Å²) in [5.74, 6) is 0.0905. The van der Waals surface area contributed by atoms with Gasteiger partial charge in [-0.25, -0.2) is 14.8 Å². The van der Waals surface area contributed by atoms with E-state index in [2.05, 4.69) is 46.3 Å². The number of nitrogens with two attached hydrogens (primary N) is 1. The molecule has 0 radical (unpaired) electrons. The van der Waals surface area contributed by atoms with Crippen LogP contribution in [-0.2, 0) is 10.9 Å². The number of amides is 1. The van der Waals surface area contributed by atoms with Gasteiger partial charge >= 0.3 is 12.3 Å². The highest BCUT2D eigenvalue weighted by atomic mass is 79.9. The summed E-state index contributed by atoms with van der Waals surface area (Å²) in [5.41, 5.74) is 5.99. The number of carbonyl (C=O) groups excluding carboxylic acids is 1. The molecule has 32 heavy (non-hydrogen) atoms. The summed E-state index contributed by atoms with van der Waals surface area (Å²) < 4.78 is 46.3. The van der Waals surface area contributed by atoms with Crippen molar-refractivity contribution in [2.24, 2.45) is 5.73 Å². The number of H-pyrrole nitrogens is 1. The largest absolute Gasteiger partial charge is 0.453 e. The topological polar surface area (TPSA) is 118 Å². The number of rotatable bonds is 4. The van der Waals surface area contributed by atoms with Crippen LogP contribution in [0, 0.1) is 0 Å². The second-order valence-corrected chi connectivity index (χ2v) is 8.26. The Labute approximate surface area is 189 Å². The smallest absolute Gasteiger partial charge is 0.419 e. The lowest BCUT2D eigenvalue weighted by atomic mass is 10.1. The fourth-order valence-corrected chi connectivity index (χ4v) is 4.37. The number of aromatic nitrogens is 3. The summed E-state index contributed by atoms with van der Waals surface area (Å²) in [6.07, 6.45) is -0.518. The van der Waals surface area contributed by atoms with Gasteiger partial charge in [-0.3, -0.25) is 5.32 Å². The van der Waals surface area contributed by atoms with E-state index in [4.69, 9.17) is 5.73 Å². The minimum Gasteiger partial charge on any atom is -0.453 e.